The van der Waals surface area contributed by atoms with Crippen LogP contribution in [0.3, 0.4) is 0 Å². The van der Waals surface area contributed by atoms with E-state index in [1.54, 1.807) is 0 Å². The fourth-order valence-electron chi connectivity index (χ4n) is 3.38. The largest absolute Gasteiger partial charge is 0.376 e. The predicted molar refractivity (Wildman–Crippen MR) is 71.3 cm³/mol. The normalized spacial score (nSPS) is 39.7. The lowest BCUT2D eigenvalue weighted by Crippen LogP contribution is -2.51. The van der Waals surface area contributed by atoms with Crippen LogP contribution in [0.5, 0.6) is 0 Å². The van der Waals surface area contributed by atoms with Crippen molar-refractivity contribution in [2.45, 2.75) is 52.2 Å². The molecule has 0 saturated carbocycles. The van der Waals surface area contributed by atoms with Gasteiger partial charge in [0.2, 0.25) is 0 Å². The molecule has 100 valence electrons. The Balaban J connectivity index is 1.96. The summed E-state index contributed by atoms with van der Waals surface area (Å²) in [6.45, 7) is 12.5. The van der Waals surface area contributed by atoms with Crippen molar-refractivity contribution in [3.05, 3.63) is 0 Å². The van der Waals surface area contributed by atoms with Gasteiger partial charge in [-0.05, 0) is 38.6 Å². The van der Waals surface area contributed by atoms with Gasteiger partial charge in [0.05, 0.1) is 12.7 Å². The summed E-state index contributed by atoms with van der Waals surface area (Å²) < 4.78 is 5.72. The number of hydrogen-bond acceptors (Lipinski definition) is 3. The lowest BCUT2D eigenvalue weighted by atomic mass is 9.81. The molecule has 0 radical (unpaired) electrons. The Morgan fingerprint density at radius 2 is 2.24 bits per heavy atom. The van der Waals surface area contributed by atoms with Gasteiger partial charge in [-0.2, -0.15) is 0 Å². The van der Waals surface area contributed by atoms with Crippen LogP contribution in [-0.2, 0) is 4.74 Å². The molecule has 2 fully saturated rings. The van der Waals surface area contributed by atoms with Crippen molar-refractivity contribution in [1.29, 1.82) is 0 Å². The minimum Gasteiger partial charge on any atom is -0.376 e. The van der Waals surface area contributed by atoms with Gasteiger partial charge in [-0.3, -0.25) is 4.90 Å². The van der Waals surface area contributed by atoms with E-state index in [0.29, 0.717) is 17.6 Å². The molecule has 2 aliphatic heterocycles. The second-order valence-electron chi connectivity index (χ2n) is 6.10. The molecule has 0 aliphatic carbocycles. The van der Waals surface area contributed by atoms with Gasteiger partial charge >= 0.3 is 0 Å². The summed E-state index contributed by atoms with van der Waals surface area (Å²) in [5, 5.41) is 3.56. The van der Waals surface area contributed by atoms with E-state index >= 15 is 0 Å². The van der Waals surface area contributed by atoms with Crippen LogP contribution in [0.2, 0.25) is 0 Å². The van der Waals surface area contributed by atoms with E-state index in [-0.39, 0.29) is 0 Å². The molecule has 3 nitrogen and oxygen atoms in total. The van der Waals surface area contributed by atoms with E-state index in [1.165, 1.54) is 38.9 Å². The second-order valence-corrected chi connectivity index (χ2v) is 6.10. The zero-order chi connectivity index (χ0) is 12.3. The van der Waals surface area contributed by atoms with Crippen molar-refractivity contribution in [3.8, 4) is 0 Å². The maximum atomic E-state index is 5.72. The molecule has 3 atom stereocenters. The first-order chi connectivity index (χ1) is 8.15. The molecule has 0 aromatic heterocycles. The van der Waals surface area contributed by atoms with Crippen LogP contribution in [-0.4, -0.2) is 49.8 Å². The highest BCUT2D eigenvalue weighted by Crippen LogP contribution is 2.33. The van der Waals surface area contributed by atoms with Gasteiger partial charge < -0.3 is 10.1 Å². The molecule has 3 heteroatoms. The first-order valence-corrected chi connectivity index (χ1v) is 7.21. The Bertz CT molecular complexity index is 238. The number of hydrogen-bond donors (Lipinski definition) is 1. The van der Waals surface area contributed by atoms with E-state index in [4.69, 9.17) is 4.74 Å². The first-order valence-electron chi connectivity index (χ1n) is 7.21. The maximum absolute atomic E-state index is 5.72. The molecule has 0 aromatic carbocycles. The molecule has 2 rings (SSSR count). The summed E-state index contributed by atoms with van der Waals surface area (Å²) >= 11 is 0. The number of nitrogens with one attached hydrogen (secondary N) is 1. The van der Waals surface area contributed by atoms with Gasteiger partial charge in [-0.1, -0.05) is 13.3 Å². The average Bonchev–Trinajstić information content (AvgIpc) is 2.73. The molecule has 17 heavy (non-hydrogen) atoms. The van der Waals surface area contributed by atoms with E-state index in [1.807, 2.05) is 0 Å². The number of rotatable bonds is 4. The number of ether oxygens (including phenoxy) is 1. The van der Waals surface area contributed by atoms with Crippen molar-refractivity contribution < 1.29 is 4.74 Å². The highest BCUT2D eigenvalue weighted by atomic mass is 16.5. The van der Waals surface area contributed by atoms with Crippen LogP contribution in [0.25, 0.3) is 0 Å². The third kappa shape index (κ3) is 3.21. The van der Waals surface area contributed by atoms with Gasteiger partial charge in [-0.15, -0.1) is 0 Å². The van der Waals surface area contributed by atoms with E-state index < -0.39 is 0 Å². The fraction of sp³-hybridized carbons (Fsp3) is 1.00. The van der Waals surface area contributed by atoms with Crippen LogP contribution >= 0.6 is 0 Å². The van der Waals surface area contributed by atoms with Gasteiger partial charge in [-0.25, -0.2) is 0 Å². The van der Waals surface area contributed by atoms with Crippen molar-refractivity contribution in [2.24, 2.45) is 5.41 Å². The van der Waals surface area contributed by atoms with E-state index in [0.717, 1.165) is 13.2 Å². The van der Waals surface area contributed by atoms with Gasteiger partial charge in [0.1, 0.15) is 0 Å². The Labute approximate surface area is 106 Å². The maximum Gasteiger partial charge on any atom is 0.0674 e. The number of nitrogens with zero attached hydrogens (tertiary/aromatic N) is 1. The molecule has 0 bridgehead atoms. The molecular weight excluding hydrogens is 212 g/mol. The summed E-state index contributed by atoms with van der Waals surface area (Å²) in [7, 11) is 0. The first kappa shape index (κ1) is 13.3. The van der Waals surface area contributed by atoms with Crippen molar-refractivity contribution in [1.82, 2.24) is 10.2 Å². The Kier molecular flexibility index (Phi) is 4.45. The molecule has 2 heterocycles. The van der Waals surface area contributed by atoms with Crippen molar-refractivity contribution >= 4 is 0 Å². The van der Waals surface area contributed by atoms with Gasteiger partial charge in [0.25, 0.3) is 0 Å². The Hall–Kier alpha value is -0.120. The molecule has 0 amide bonds. The second kappa shape index (κ2) is 5.68. The summed E-state index contributed by atoms with van der Waals surface area (Å²) in [5.74, 6) is 0. The highest BCUT2D eigenvalue weighted by molar-refractivity contribution is 4.92. The van der Waals surface area contributed by atoms with E-state index in [9.17, 15) is 0 Å². The topological polar surface area (TPSA) is 24.5 Å². The van der Waals surface area contributed by atoms with E-state index in [2.05, 4.69) is 31.0 Å². The Morgan fingerprint density at radius 1 is 1.41 bits per heavy atom. The molecule has 0 aromatic rings. The highest BCUT2D eigenvalue weighted by Gasteiger charge is 2.37. The smallest absolute Gasteiger partial charge is 0.0674 e. The summed E-state index contributed by atoms with van der Waals surface area (Å²) in [4.78, 5) is 2.65. The molecule has 0 spiro atoms. The number of morpholine rings is 1. The zero-order valence-electron chi connectivity index (χ0n) is 11.7. The van der Waals surface area contributed by atoms with Crippen molar-refractivity contribution in [2.75, 3.05) is 32.8 Å². The molecule has 2 aliphatic rings. The SMILES string of the molecule is CCCC1(CN2CC(C)OCC2C)CCNC1. The monoisotopic (exact) mass is 240 g/mol. The third-order valence-corrected chi connectivity index (χ3v) is 4.39. The average molecular weight is 240 g/mol. The summed E-state index contributed by atoms with van der Waals surface area (Å²) in [5.41, 5.74) is 0.528. The van der Waals surface area contributed by atoms with Gasteiger partial charge in [0.15, 0.2) is 0 Å². The summed E-state index contributed by atoms with van der Waals surface area (Å²) in [6, 6.07) is 0.584. The standard InChI is InChI=1S/C14H28N2O/c1-4-5-14(6-7-15-10-14)11-16-8-13(3)17-9-12(16)2/h12-13,15H,4-11H2,1-3H3. The quantitative estimate of drug-likeness (QED) is 0.812. The molecule has 2 saturated heterocycles. The minimum atomic E-state index is 0.402. The van der Waals surface area contributed by atoms with Gasteiger partial charge in [0, 0.05) is 25.7 Å². The lowest BCUT2D eigenvalue weighted by molar-refractivity contribution is -0.0623. The molecule has 1 N–H and O–H groups in total. The van der Waals surface area contributed by atoms with Crippen molar-refractivity contribution in [3.63, 3.8) is 0 Å². The molecular formula is C14H28N2O. The van der Waals surface area contributed by atoms with Crippen LogP contribution in [0.1, 0.15) is 40.0 Å². The third-order valence-electron chi connectivity index (χ3n) is 4.39. The minimum absolute atomic E-state index is 0.402. The zero-order valence-corrected chi connectivity index (χ0v) is 11.7. The van der Waals surface area contributed by atoms with Crippen LogP contribution < -0.4 is 5.32 Å². The van der Waals surface area contributed by atoms with Crippen LogP contribution in [0.15, 0.2) is 0 Å². The Morgan fingerprint density at radius 3 is 2.88 bits per heavy atom. The lowest BCUT2D eigenvalue weighted by Gasteiger charge is -2.42. The summed E-state index contributed by atoms with van der Waals surface area (Å²) in [6.07, 6.45) is 4.41. The molecule has 3 unspecified atom stereocenters. The van der Waals surface area contributed by atoms with Crippen LogP contribution in [0.4, 0.5) is 0 Å². The fourth-order valence-corrected chi connectivity index (χ4v) is 3.38. The van der Waals surface area contributed by atoms with Crippen LogP contribution in [0, 0.1) is 5.41 Å². The predicted octanol–water partition coefficient (Wildman–Crippen LogP) is 1.88.